The molecule has 0 aliphatic heterocycles. The van der Waals surface area contributed by atoms with Crippen molar-refractivity contribution in [2.45, 2.75) is 44.2 Å². The van der Waals surface area contributed by atoms with Gasteiger partial charge in [0.05, 0.1) is 11.3 Å². The second-order valence-corrected chi connectivity index (χ2v) is 5.02. The summed E-state index contributed by atoms with van der Waals surface area (Å²) in [6.07, 6.45) is -7.88. The fraction of sp³-hybridized carbons (Fsp3) is 0.700. The predicted octanol–water partition coefficient (Wildman–Crippen LogP) is 3.02. The van der Waals surface area contributed by atoms with E-state index in [0.717, 1.165) is 11.8 Å². The van der Waals surface area contributed by atoms with Gasteiger partial charge in [-0.25, -0.2) is 4.79 Å². The quantitative estimate of drug-likeness (QED) is 0.303. The van der Waals surface area contributed by atoms with E-state index >= 15 is 0 Å². The number of hydrogen-bond donors (Lipinski definition) is 1. The zero-order valence-corrected chi connectivity index (χ0v) is 13.0. The minimum Gasteiger partial charge on any atom is -0.758 e. The summed E-state index contributed by atoms with van der Waals surface area (Å²) in [6.45, 7) is 0.888. The first kappa shape index (κ1) is 23.6. The maximum atomic E-state index is 13.7. The van der Waals surface area contributed by atoms with Crippen molar-refractivity contribution in [3.05, 3.63) is 11.1 Å². The zero-order chi connectivity index (χ0) is 20.4. The van der Waals surface area contributed by atoms with Crippen LogP contribution in [0.4, 0.5) is 39.5 Å². The third kappa shape index (κ3) is 4.44. The second kappa shape index (κ2) is 7.49. The molecule has 0 amide bonds. The third-order valence-corrected chi connectivity index (χ3v) is 3.09. The summed E-state index contributed by atoms with van der Waals surface area (Å²) in [5.41, 5.74) is -3.58. The number of halogens is 9. The summed E-state index contributed by atoms with van der Waals surface area (Å²) in [5, 5.41) is 0. The van der Waals surface area contributed by atoms with Gasteiger partial charge in [-0.2, -0.15) is 39.5 Å². The van der Waals surface area contributed by atoms with E-state index < -0.39 is 58.7 Å². The molecule has 15 heteroatoms. The van der Waals surface area contributed by atoms with Crippen LogP contribution in [0.1, 0.15) is 20.3 Å². The van der Waals surface area contributed by atoms with Crippen LogP contribution in [0.25, 0.3) is 0 Å². The van der Waals surface area contributed by atoms with E-state index in [4.69, 9.17) is 0 Å². The van der Waals surface area contributed by atoms with Crippen molar-refractivity contribution in [2.75, 3.05) is 0 Å². The molecule has 0 aliphatic rings. The summed E-state index contributed by atoms with van der Waals surface area (Å²) >= 11 is -3.25. The molecule has 0 fully saturated rings. The molecule has 0 aromatic heterocycles. The molecule has 148 valence electrons. The van der Waals surface area contributed by atoms with E-state index in [-0.39, 0.29) is 6.92 Å². The molecule has 0 rings (SSSR count). The van der Waals surface area contributed by atoms with Gasteiger partial charge in [0.1, 0.15) is 0 Å². The number of allylic oxidation sites excluding steroid dienone is 1. The summed E-state index contributed by atoms with van der Waals surface area (Å²) in [4.78, 5) is 16.0. The van der Waals surface area contributed by atoms with E-state index in [1.807, 2.05) is 0 Å². The van der Waals surface area contributed by atoms with E-state index in [1.165, 1.54) is 0 Å². The van der Waals surface area contributed by atoms with Crippen LogP contribution < -0.4 is 4.89 Å². The molecule has 25 heavy (non-hydrogen) atoms. The van der Waals surface area contributed by atoms with Gasteiger partial charge in [0.15, 0.2) is 0 Å². The molecule has 0 bridgehead atoms. The molecular formula is C10H9F9NO4S-. The first-order chi connectivity index (χ1) is 10.9. The normalized spacial score (nSPS) is 16.3. The predicted molar refractivity (Wildman–Crippen MR) is 62.0 cm³/mol. The number of rotatable bonds is 7. The number of alkyl halides is 9. The second-order valence-electron chi connectivity index (χ2n) is 4.39. The van der Waals surface area contributed by atoms with Crippen LogP contribution in [0, 0.1) is 0 Å². The SMILES string of the molecule is CCC(C(=O)ONS(=O)[O-])=C(C)C(F)(F)C(F)(F)C(F)(F)C(F)(F)F. The molecule has 0 radical (unpaired) electrons. The number of nitrogens with one attached hydrogen (secondary N) is 1. The fourth-order valence-corrected chi connectivity index (χ4v) is 1.64. The third-order valence-electron chi connectivity index (χ3n) is 2.87. The summed E-state index contributed by atoms with van der Waals surface area (Å²) < 4.78 is 136. The Bertz CT molecular complexity index is 573. The molecule has 0 heterocycles. The zero-order valence-electron chi connectivity index (χ0n) is 12.2. The highest BCUT2D eigenvalue weighted by atomic mass is 32.2. The standard InChI is InChI=1S/C10H10F9NO4S/c1-3-5(6(21)24-20-25(22)23)4(2)7(11,12)8(13,14)9(15,16)10(17,18)19/h20H,3H2,1-2H3,(H,22,23)/p-1. The highest BCUT2D eigenvalue weighted by Gasteiger charge is 2.82. The summed E-state index contributed by atoms with van der Waals surface area (Å²) in [6, 6.07) is 0. The number of hydrogen-bond acceptors (Lipinski definition) is 4. The first-order valence-electron chi connectivity index (χ1n) is 5.91. The molecule has 0 saturated heterocycles. The van der Waals surface area contributed by atoms with E-state index in [9.17, 15) is 53.1 Å². The van der Waals surface area contributed by atoms with Gasteiger partial charge >= 0.3 is 29.9 Å². The van der Waals surface area contributed by atoms with Gasteiger partial charge < -0.3 is 9.39 Å². The van der Waals surface area contributed by atoms with Crippen molar-refractivity contribution in [3.63, 3.8) is 0 Å². The van der Waals surface area contributed by atoms with Gasteiger partial charge in [0.25, 0.3) is 0 Å². The van der Waals surface area contributed by atoms with Crippen LogP contribution in [-0.2, 0) is 20.9 Å². The lowest BCUT2D eigenvalue weighted by atomic mass is 9.93. The molecule has 1 atom stereocenters. The van der Waals surface area contributed by atoms with E-state index in [1.54, 1.807) is 0 Å². The minimum atomic E-state index is -7.12. The topological polar surface area (TPSA) is 78.5 Å². The minimum absolute atomic E-state index is 0.00855. The lowest BCUT2D eigenvalue weighted by molar-refractivity contribution is -0.389. The average molecular weight is 410 g/mol. The Hall–Kier alpha value is -1.35. The van der Waals surface area contributed by atoms with Crippen molar-refractivity contribution < 1.29 is 57.9 Å². The van der Waals surface area contributed by atoms with Crippen molar-refractivity contribution in [1.29, 1.82) is 0 Å². The van der Waals surface area contributed by atoms with Crippen LogP contribution in [0.2, 0.25) is 0 Å². The largest absolute Gasteiger partial charge is 0.758 e. The molecule has 0 saturated carbocycles. The van der Waals surface area contributed by atoms with Crippen LogP contribution >= 0.6 is 0 Å². The Balaban J connectivity index is 6.09. The molecule has 0 aliphatic carbocycles. The highest BCUT2D eigenvalue weighted by molar-refractivity contribution is 7.76. The Morgan fingerprint density at radius 2 is 1.48 bits per heavy atom. The van der Waals surface area contributed by atoms with Crippen molar-refractivity contribution in [3.8, 4) is 0 Å². The van der Waals surface area contributed by atoms with Gasteiger partial charge in [0, 0.05) is 11.1 Å². The van der Waals surface area contributed by atoms with Crippen molar-refractivity contribution >= 4 is 17.2 Å². The molecular weight excluding hydrogens is 401 g/mol. The van der Waals surface area contributed by atoms with Crippen LogP contribution in [0.5, 0.6) is 0 Å². The van der Waals surface area contributed by atoms with Crippen molar-refractivity contribution in [2.24, 2.45) is 0 Å². The monoisotopic (exact) mass is 410 g/mol. The smallest absolute Gasteiger partial charge is 0.460 e. The van der Waals surface area contributed by atoms with Gasteiger partial charge in [0.2, 0.25) is 0 Å². The van der Waals surface area contributed by atoms with E-state index in [2.05, 4.69) is 4.84 Å². The Morgan fingerprint density at radius 3 is 1.80 bits per heavy atom. The Morgan fingerprint density at radius 1 is 1.04 bits per heavy atom. The van der Waals surface area contributed by atoms with Gasteiger partial charge in [-0.1, -0.05) is 11.8 Å². The molecule has 0 aromatic carbocycles. The van der Waals surface area contributed by atoms with Crippen molar-refractivity contribution in [1.82, 2.24) is 4.89 Å². The molecule has 5 nitrogen and oxygen atoms in total. The molecule has 1 unspecified atom stereocenters. The lowest BCUT2D eigenvalue weighted by Gasteiger charge is -2.34. The number of carbonyl (C=O) groups is 1. The Labute approximate surface area is 136 Å². The van der Waals surface area contributed by atoms with E-state index in [0.29, 0.717) is 0 Å². The summed E-state index contributed by atoms with van der Waals surface area (Å²) in [5.74, 6) is -22.2. The van der Waals surface area contributed by atoms with Gasteiger partial charge in [-0.15, -0.1) is 0 Å². The first-order valence-corrected chi connectivity index (χ1v) is 6.99. The number of carbonyl (C=O) groups excluding carboxylic acids is 1. The fourth-order valence-electron chi connectivity index (χ4n) is 1.50. The highest BCUT2D eigenvalue weighted by Crippen LogP contribution is 2.55. The molecule has 0 aromatic rings. The maximum absolute atomic E-state index is 13.7. The van der Waals surface area contributed by atoms with Gasteiger partial charge in [-0.05, 0) is 13.3 Å². The van der Waals surface area contributed by atoms with Crippen LogP contribution in [-0.4, -0.2) is 38.7 Å². The van der Waals surface area contributed by atoms with Crippen LogP contribution in [0.15, 0.2) is 11.1 Å². The average Bonchev–Trinajstić information content (AvgIpc) is 2.43. The van der Waals surface area contributed by atoms with Crippen LogP contribution in [0.3, 0.4) is 0 Å². The Kier molecular flexibility index (Phi) is 7.09. The molecule has 0 spiro atoms. The molecule has 1 N–H and O–H groups in total. The maximum Gasteiger partial charge on any atom is 0.460 e. The van der Waals surface area contributed by atoms with Gasteiger partial charge in [-0.3, -0.25) is 4.21 Å². The summed E-state index contributed by atoms with van der Waals surface area (Å²) in [7, 11) is 0. The lowest BCUT2D eigenvalue weighted by Crippen LogP contribution is -2.61.